The summed E-state index contributed by atoms with van der Waals surface area (Å²) in [6, 6.07) is 0.562. The van der Waals surface area contributed by atoms with Crippen LogP contribution in [0, 0.1) is 0 Å². The molecule has 0 aromatic rings. The Balaban J connectivity index is 3.83. The van der Waals surface area contributed by atoms with Gasteiger partial charge in [0.2, 0.25) is 5.91 Å². The van der Waals surface area contributed by atoms with Crippen LogP contribution >= 0.6 is 0 Å². The molecule has 3 heteroatoms. The summed E-state index contributed by atoms with van der Waals surface area (Å²) in [4.78, 5) is 13.6. The highest BCUT2D eigenvalue weighted by Gasteiger charge is 2.11. The Kier molecular flexibility index (Phi) is 9.66. The number of rotatable bonds is 10. The fraction of sp³-hybridized carbons (Fsp3) is 0.800. The third-order valence-electron chi connectivity index (χ3n) is 3.27. The summed E-state index contributed by atoms with van der Waals surface area (Å²) in [7, 11) is 4.23. The summed E-state index contributed by atoms with van der Waals surface area (Å²) in [6.45, 7) is 8.35. The molecular formula is C15H30N2O. The zero-order chi connectivity index (χ0) is 14.0. The Bertz CT molecular complexity index is 249. The molecule has 0 saturated heterocycles. The van der Waals surface area contributed by atoms with E-state index in [2.05, 4.69) is 37.8 Å². The minimum Gasteiger partial charge on any atom is -0.352 e. The van der Waals surface area contributed by atoms with Crippen LogP contribution in [0.1, 0.15) is 52.4 Å². The van der Waals surface area contributed by atoms with E-state index in [9.17, 15) is 4.79 Å². The third-order valence-corrected chi connectivity index (χ3v) is 3.27. The van der Waals surface area contributed by atoms with Crippen LogP contribution in [0.2, 0.25) is 0 Å². The molecule has 106 valence electrons. The second kappa shape index (κ2) is 10.1. The smallest absolute Gasteiger partial charge is 0.246 e. The zero-order valence-corrected chi connectivity index (χ0v) is 12.6. The van der Waals surface area contributed by atoms with Crippen molar-refractivity contribution in [2.24, 2.45) is 0 Å². The van der Waals surface area contributed by atoms with Crippen molar-refractivity contribution in [3.8, 4) is 0 Å². The lowest BCUT2D eigenvalue weighted by atomic mass is 10.0. The molecule has 0 rings (SSSR count). The first kappa shape index (κ1) is 17.2. The number of carbonyl (C=O) groups excluding carboxylic acids is 1. The second-order valence-electron chi connectivity index (χ2n) is 5.29. The molecule has 1 atom stereocenters. The van der Waals surface area contributed by atoms with Crippen molar-refractivity contribution in [2.75, 3.05) is 20.6 Å². The van der Waals surface area contributed by atoms with E-state index < -0.39 is 0 Å². The molecule has 18 heavy (non-hydrogen) atoms. The molecule has 0 heterocycles. The quantitative estimate of drug-likeness (QED) is 0.480. The highest BCUT2D eigenvalue weighted by atomic mass is 16.1. The predicted octanol–water partition coefficient (Wildman–Crippen LogP) is 2.97. The predicted molar refractivity (Wildman–Crippen MR) is 78.7 cm³/mol. The summed E-state index contributed by atoms with van der Waals surface area (Å²) in [6.07, 6.45) is 7.44. The first-order chi connectivity index (χ1) is 8.49. The molecule has 0 aliphatic rings. The summed E-state index contributed by atoms with van der Waals surface area (Å²) in [5.41, 5.74) is 0.583. The minimum atomic E-state index is -0.0292. The van der Waals surface area contributed by atoms with Crippen LogP contribution in [0.15, 0.2) is 12.2 Å². The molecule has 0 aliphatic carbocycles. The van der Waals surface area contributed by atoms with Crippen molar-refractivity contribution in [1.82, 2.24) is 10.2 Å². The number of hydrogen-bond donors (Lipinski definition) is 1. The van der Waals surface area contributed by atoms with Crippen LogP contribution in [-0.4, -0.2) is 37.5 Å². The van der Waals surface area contributed by atoms with E-state index in [1.54, 1.807) is 6.92 Å². The monoisotopic (exact) mass is 254 g/mol. The van der Waals surface area contributed by atoms with Gasteiger partial charge in [-0.05, 0) is 33.9 Å². The SMILES string of the molecule is C=C(C)C(=O)NCCC(CCCCCC)N(C)C. The highest BCUT2D eigenvalue weighted by molar-refractivity contribution is 5.91. The van der Waals surface area contributed by atoms with Crippen molar-refractivity contribution in [1.29, 1.82) is 0 Å². The second-order valence-corrected chi connectivity index (χ2v) is 5.29. The van der Waals surface area contributed by atoms with Crippen LogP contribution < -0.4 is 5.32 Å². The van der Waals surface area contributed by atoms with Crippen molar-refractivity contribution >= 4 is 5.91 Å². The molecule has 1 unspecified atom stereocenters. The maximum atomic E-state index is 11.4. The zero-order valence-electron chi connectivity index (χ0n) is 12.6. The molecule has 0 bridgehead atoms. The lowest BCUT2D eigenvalue weighted by Gasteiger charge is -2.24. The van der Waals surface area contributed by atoms with Gasteiger partial charge in [-0.25, -0.2) is 0 Å². The molecule has 0 radical (unpaired) electrons. The van der Waals surface area contributed by atoms with E-state index in [4.69, 9.17) is 0 Å². The van der Waals surface area contributed by atoms with Crippen molar-refractivity contribution < 1.29 is 4.79 Å². The topological polar surface area (TPSA) is 32.3 Å². The summed E-state index contributed by atoms with van der Waals surface area (Å²) >= 11 is 0. The van der Waals surface area contributed by atoms with Crippen molar-refractivity contribution in [3.05, 3.63) is 12.2 Å². The Morgan fingerprint density at radius 1 is 1.22 bits per heavy atom. The van der Waals surface area contributed by atoms with Crippen LogP contribution in [0.25, 0.3) is 0 Å². The third kappa shape index (κ3) is 8.29. The van der Waals surface area contributed by atoms with E-state index in [-0.39, 0.29) is 5.91 Å². The van der Waals surface area contributed by atoms with Gasteiger partial charge in [-0.1, -0.05) is 39.2 Å². The van der Waals surface area contributed by atoms with Gasteiger partial charge < -0.3 is 10.2 Å². The Hall–Kier alpha value is -0.830. The van der Waals surface area contributed by atoms with Gasteiger partial charge in [0.15, 0.2) is 0 Å². The molecule has 0 aliphatic heterocycles. The molecule has 0 aromatic heterocycles. The first-order valence-electron chi connectivity index (χ1n) is 7.09. The summed E-state index contributed by atoms with van der Waals surface area (Å²) in [5, 5.41) is 2.90. The van der Waals surface area contributed by atoms with Gasteiger partial charge in [0.1, 0.15) is 0 Å². The number of amides is 1. The number of carbonyl (C=O) groups is 1. The molecule has 1 amide bonds. The molecule has 0 spiro atoms. The number of unbranched alkanes of at least 4 members (excludes halogenated alkanes) is 3. The van der Waals surface area contributed by atoms with E-state index in [0.29, 0.717) is 11.6 Å². The first-order valence-corrected chi connectivity index (χ1v) is 7.09. The molecular weight excluding hydrogens is 224 g/mol. The Morgan fingerprint density at radius 3 is 2.39 bits per heavy atom. The molecule has 1 N–H and O–H groups in total. The minimum absolute atomic E-state index is 0.0292. The van der Waals surface area contributed by atoms with Gasteiger partial charge in [-0.15, -0.1) is 0 Å². The maximum Gasteiger partial charge on any atom is 0.246 e. The lowest BCUT2D eigenvalue weighted by Crippen LogP contribution is -2.33. The van der Waals surface area contributed by atoms with Crippen molar-refractivity contribution in [2.45, 2.75) is 58.4 Å². The van der Waals surface area contributed by atoms with Crippen LogP contribution in [0.4, 0.5) is 0 Å². The lowest BCUT2D eigenvalue weighted by molar-refractivity contribution is -0.117. The van der Waals surface area contributed by atoms with Crippen LogP contribution in [-0.2, 0) is 4.79 Å². The van der Waals surface area contributed by atoms with Gasteiger partial charge >= 0.3 is 0 Å². The van der Waals surface area contributed by atoms with Gasteiger partial charge in [0.05, 0.1) is 0 Å². The average Bonchev–Trinajstić information content (AvgIpc) is 2.31. The molecule has 0 aromatic carbocycles. The summed E-state index contributed by atoms with van der Waals surface area (Å²) < 4.78 is 0. The maximum absolute atomic E-state index is 11.4. The van der Waals surface area contributed by atoms with Gasteiger partial charge in [-0.3, -0.25) is 4.79 Å². The van der Waals surface area contributed by atoms with E-state index in [1.165, 1.54) is 32.1 Å². The van der Waals surface area contributed by atoms with E-state index in [0.717, 1.165) is 13.0 Å². The number of hydrogen-bond acceptors (Lipinski definition) is 2. The number of nitrogens with zero attached hydrogens (tertiary/aromatic N) is 1. The Morgan fingerprint density at radius 2 is 1.89 bits per heavy atom. The Labute approximate surface area is 113 Å². The molecule has 3 nitrogen and oxygen atoms in total. The fourth-order valence-electron chi connectivity index (χ4n) is 1.97. The molecule has 0 fully saturated rings. The van der Waals surface area contributed by atoms with Gasteiger partial charge in [0, 0.05) is 18.2 Å². The largest absolute Gasteiger partial charge is 0.352 e. The summed E-state index contributed by atoms with van der Waals surface area (Å²) in [5.74, 6) is -0.0292. The van der Waals surface area contributed by atoms with Gasteiger partial charge in [0.25, 0.3) is 0 Å². The standard InChI is InChI=1S/C15H30N2O/c1-6-7-8-9-10-14(17(4)5)11-12-16-15(18)13(2)3/h14H,2,6-12H2,1,3-5H3,(H,16,18). The molecule has 0 saturated carbocycles. The van der Waals surface area contributed by atoms with Crippen LogP contribution in [0.3, 0.4) is 0 Å². The number of nitrogens with one attached hydrogen (secondary N) is 1. The van der Waals surface area contributed by atoms with E-state index >= 15 is 0 Å². The highest BCUT2D eigenvalue weighted by Crippen LogP contribution is 2.11. The van der Waals surface area contributed by atoms with Crippen molar-refractivity contribution in [3.63, 3.8) is 0 Å². The van der Waals surface area contributed by atoms with Gasteiger partial charge in [-0.2, -0.15) is 0 Å². The normalized spacial score (nSPS) is 12.5. The fourth-order valence-corrected chi connectivity index (χ4v) is 1.97. The average molecular weight is 254 g/mol. The van der Waals surface area contributed by atoms with Crippen LogP contribution in [0.5, 0.6) is 0 Å². The van der Waals surface area contributed by atoms with E-state index in [1.807, 2.05) is 0 Å².